The third kappa shape index (κ3) is 3.91. The fourth-order valence-corrected chi connectivity index (χ4v) is 3.18. The number of rotatable bonds is 6. The Bertz CT molecular complexity index is 889. The van der Waals surface area contributed by atoms with Crippen molar-refractivity contribution in [2.75, 3.05) is 11.9 Å². The van der Waals surface area contributed by atoms with E-state index in [2.05, 4.69) is 27.5 Å². The first-order valence-electron chi connectivity index (χ1n) is 8.72. The number of hydrogen-bond donors (Lipinski definition) is 1. The van der Waals surface area contributed by atoms with Crippen LogP contribution in [0.5, 0.6) is 5.75 Å². The van der Waals surface area contributed by atoms with Gasteiger partial charge in [-0.05, 0) is 60.2 Å². The lowest BCUT2D eigenvalue weighted by atomic mass is 10.1. The van der Waals surface area contributed by atoms with Gasteiger partial charge in [-0.1, -0.05) is 18.2 Å². The van der Waals surface area contributed by atoms with Crippen LogP contribution in [0.2, 0.25) is 0 Å². The average molecular weight is 348 g/mol. The second-order valence-electron chi connectivity index (χ2n) is 6.41. The molecular weight excluding hydrogens is 328 g/mol. The van der Waals surface area contributed by atoms with Crippen LogP contribution in [0.3, 0.4) is 0 Å². The number of aromatic nitrogens is 3. The fraction of sp³-hybridized carbons (Fsp3) is 0.250. The summed E-state index contributed by atoms with van der Waals surface area (Å²) in [6.45, 7) is 0.648. The molecule has 1 aromatic heterocycles. The lowest BCUT2D eigenvalue weighted by Crippen LogP contribution is -2.20. The topological polar surface area (TPSA) is 69.0 Å². The highest BCUT2D eigenvalue weighted by Gasteiger charge is 2.12. The van der Waals surface area contributed by atoms with Crippen LogP contribution in [0.1, 0.15) is 23.1 Å². The summed E-state index contributed by atoms with van der Waals surface area (Å²) in [5.74, 6) is 0.582. The molecule has 1 heterocycles. The van der Waals surface area contributed by atoms with Gasteiger partial charge in [-0.15, -0.1) is 0 Å². The van der Waals surface area contributed by atoms with Gasteiger partial charge in [0.15, 0.2) is 6.61 Å². The Morgan fingerprint density at radius 2 is 1.96 bits per heavy atom. The Hall–Kier alpha value is -3.15. The van der Waals surface area contributed by atoms with Gasteiger partial charge in [0.2, 0.25) is 0 Å². The molecule has 6 nitrogen and oxygen atoms in total. The monoisotopic (exact) mass is 348 g/mol. The Kier molecular flexibility index (Phi) is 4.64. The number of fused-ring (bicyclic) bond motifs is 1. The van der Waals surface area contributed by atoms with Gasteiger partial charge in [0.1, 0.15) is 18.4 Å². The Morgan fingerprint density at radius 3 is 2.77 bits per heavy atom. The van der Waals surface area contributed by atoms with E-state index in [0.29, 0.717) is 6.54 Å². The number of hydrogen-bond acceptors (Lipinski definition) is 4. The predicted molar refractivity (Wildman–Crippen MR) is 98.2 cm³/mol. The minimum Gasteiger partial charge on any atom is -0.484 e. The van der Waals surface area contributed by atoms with Gasteiger partial charge >= 0.3 is 0 Å². The number of benzene rings is 2. The molecule has 0 bridgehead atoms. The number of nitrogens with one attached hydrogen (secondary N) is 1. The summed E-state index contributed by atoms with van der Waals surface area (Å²) >= 11 is 0. The molecule has 0 radical (unpaired) electrons. The van der Waals surface area contributed by atoms with Crippen LogP contribution in [0.15, 0.2) is 55.1 Å². The Labute approximate surface area is 151 Å². The van der Waals surface area contributed by atoms with Crippen LogP contribution in [0.25, 0.3) is 0 Å². The minimum atomic E-state index is -0.172. The second kappa shape index (κ2) is 7.39. The van der Waals surface area contributed by atoms with Crippen LogP contribution in [-0.2, 0) is 24.2 Å². The molecule has 0 saturated carbocycles. The summed E-state index contributed by atoms with van der Waals surface area (Å²) in [7, 11) is 0. The molecule has 3 aromatic rings. The molecule has 1 aliphatic carbocycles. The normalized spacial score (nSPS) is 12.6. The smallest absolute Gasteiger partial charge is 0.262 e. The number of carbonyl (C=O) groups is 1. The van der Waals surface area contributed by atoms with Crippen molar-refractivity contribution < 1.29 is 9.53 Å². The summed E-state index contributed by atoms with van der Waals surface area (Å²) in [5.41, 5.74) is 4.57. The van der Waals surface area contributed by atoms with Crippen molar-refractivity contribution in [2.24, 2.45) is 0 Å². The highest BCUT2D eigenvalue weighted by Crippen LogP contribution is 2.26. The van der Waals surface area contributed by atoms with Crippen LogP contribution in [0, 0.1) is 0 Å². The molecule has 6 heteroatoms. The van der Waals surface area contributed by atoms with E-state index < -0.39 is 0 Å². The van der Waals surface area contributed by atoms with Crippen molar-refractivity contribution in [3.8, 4) is 5.75 Å². The van der Waals surface area contributed by atoms with Gasteiger partial charge in [-0.25, -0.2) is 9.67 Å². The molecule has 132 valence electrons. The Balaban J connectivity index is 1.29. The summed E-state index contributed by atoms with van der Waals surface area (Å²) in [6, 6.07) is 13.8. The minimum absolute atomic E-state index is 0.000501. The van der Waals surface area contributed by atoms with Crippen LogP contribution in [0.4, 0.5) is 5.69 Å². The van der Waals surface area contributed by atoms with Crippen molar-refractivity contribution in [2.45, 2.75) is 25.8 Å². The van der Waals surface area contributed by atoms with E-state index in [1.54, 1.807) is 11.0 Å². The first-order chi connectivity index (χ1) is 12.8. The second-order valence-corrected chi connectivity index (χ2v) is 6.41. The zero-order chi connectivity index (χ0) is 17.8. The van der Waals surface area contributed by atoms with E-state index >= 15 is 0 Å². The van der Waals surface area contributed by atoms with Gasteiger partial charge in [-0.2, -0.15) is 5.10 Å². The molecule has 1 amide bonds. The third-order valence-electron chi connectivity index (χ3n) is 4.49. The predicted octanol–water partition coefficient (Wildman–Crippen LogP) is 2.83. The molecule has 0 atom stereocenters. The number of ether oxygens (including phenoxy) is 1. The van der Waals surface area contributed by atoms with E-state index in [1.165, 1.54) is 23.9 Å². The quantitative estimate of drug-likeness (QED) is 0.744. The molecule has 0 unspecified atom stereocenters. The molecule has 0 spiro atoms. The van der Waals surface area contributed by atoms with E-state index in [1.807, 2.05) is 30.3 Å². The largest absolute Gasteiger partial charge is 0.484 e. The summed E-state index contributed by atoms with van der Waals surface area (Å²) < 4.78 is 7.38. The van der Waals surface area contributed by atoms with Crippen LogP contribution >= 0.6 is 0 Å². The average Bonchev–Trinajstić information content (AvgIpc) is 3.33. The molecule has 2 aromatic carbocycles. The fourth-order valence-electron chi connectivity index (χ4n) is 3.18. The van der Waals surface area contributed by atoms with Gasteiger partial charge in [-0.3, -0.25) is 4.79 Å². The Morgan fingerprint density at radius 1 is 1.12 bits per heavy atom. The van der Waals surface area contributed by atoms with Crippen LogP contribution < -0.4 is 10.1 Å². The molecule has 26 heavy (non-hydrogen) atoms. The first kappa shape index (κ1) is 16.3. The maximum Gasteiger partial charge on any atom is 0.262 e. The number of carbonyl (C=O) groups excluding carboxylic acids is 1. The lowest BCUT2D eigenvalue weighted by Gasteiger charge is -2.09. The SMILES string of the molecule is O=C(COc1ccc2c(c1)CCC2)Nc1ccc(Cn2cncn2)cc1. The number of aryl methyl sites for hydroxylation is 2. The van der Waals surface area contributed by atoms with Gasteiger partial charge in [0.25, 0.3) is 5.91 Å². The van der Waals surface area contributed by atoms with E-state index in [9.17, 15) is 4.79 Å². The van der Waals surface area contributed by atoms with E-state index in [0.717, 1.165) is 29.8 Å². The zero-order valence-electron chi connectivity index (χ0n) is 14.4. The first-order valence-corrected chi connectivity index (χ1v) is 8.72. The van der Waals surface area contributed by atoms with E-state index in [4.69, 9.17) is 4.74 Å². The summed E-state index contributed by atoms with van der Waals surface area (Å²) in [6.07, 6.45) is 6.62. The van der Waals surface area contributed by atoms with Crippen molar-refractivity contribution in [1.29, 1.82) is 0 Å². The highest BCUT2D eigenvalue weighted by atomic mass is 16.5. The third-order valence-corrected chi connectivity index (χ3v) is 4.49. The van der Waals surface area contributed by atoms with E-state index in [-0.39, 0.29) is 12.5 Å². The van der Waals surface area contributed by atoms with Crippen molar-refractivity contribution in [3.05, 3.63) is 71.8 Å². The van der Waals surface area contributed by atoms with Gasteiger partial charge in [0.05, 0.1) is 6.54 Å². The number of nitrogens with zero attached hydrogens (tertiary/aromatic N) is 3. The summed E-state index contributed by atoms with van der Waals surface area (Å²) in [4.78, 5) is 16.0. The maximum atomic E-state index is 12.1. The zero-order valence-corrected chi connectivity index (χ0v) is 14.4. The molecule has 0 fully saturated rings. The molecule has 1 N–H and O–H groups in total. The molecule has 4 rings (SSSR count). The maximum absolute atomic E-state index is 12.1. The molecule has 0 aliphatic heterocycles. The van der Waals surface area contributed by atoms with Gasteiger partial charge in [0, 0.05) is 5.69 Å². The molecule has 1 aliphatic rings. The summed E-state index contributed by atoms with van der Waals surface area (Å²) in [5, 5.41) is 6.93. The number of anilines is 1. The molecule has 0 saturated heterocycles. The number of amides is 1. The highest BCUT2D eigenvalue weighted by molar-refractivity contribution is 5.91. The van der Waals surface area contributed by atoms with Crippen molar-refractivity contribution in [3.63, 3.8) is 0 Å². The van der Waals surface area contributed by atoms with Crippen molar-refractivity contribution >= 4 is 11.6 Å². The lowest BCUT2D eigenvalue weighted by molar-refractivity contribution is -0.118. The van der Waals surface area contributed by atoms with Crippen molar-refractivity contribution in [1.82, 2.24) is 14.8 Å². The van der Waals surface area contributed by atoms with Gasteiger partial charge < -0.3 is 10.1 Å². The standard InChI is InChI=1S/C20H20N4O2/c25-20(12-26-19-9-6-16-2-1-3-17(16)10-19)23-18-7-4-15(5-8-18)11-24-14-21-13-22-24/h4-10,13-14H,1-3,11-12H2,(H,23,25). The molecular formula is C20H20N4O2. The van der Waals surface area contributed by atoms with Crippen LogP contribution in [-0.4, -0.2) is 27.3 Å².